The van der Waals surface area contributed by atoms with Gasteiger partial charge in [0.2, 0.25) is 0 Å². The van der Waals surface area contributed by atoms with Crippen LogP contribution in [0.25, 0.3) is 0 Å². The van der Waals surface area contributed by atoms with Crippen LogP contribution in [0.2, 0.25) is 0 Å². The van der Waals surface area contributed by atoms with Crippen molar-refractivity contribution in [3.63, 3.8) is 0 Å². The number of hydrogen-bond acceptors (Lipinski definition) is 7. The average molecular weight is 309 g/mol. The minimum absolute atomic E-state index is 0.571. The van der Waals surface area contributed by atoms with Crippen LogP contribution in [0, 0.1) is 11.3 Å². The zero-order chi connectivity index (χ0) is 13.8. The maximum atomic E-state index is 9.76. The molecule has 0 bridgehead atoms. The normalized spacial score (nSPS) is 12.1. The van der Waals surface area contributed by atoms with Crippen molar-refractivity contribution in [3.8, 4) is 6.07 Å². The molecule has 0 saturated carbocycles. The lowest BCUT2D eigenvalue weighted by Crippen LogP contribution is -1.94. The smallest absolute Gasteiger partial charge is 0.179 e. The third-order valence-electron chi connectivity index (χ3n) is 2.35. The summed E-state index contributed by atoms with van der Waals surface area (Å²) < 4.78 is 1.71. The largest absolute Gasteiger partial charge is 0.389 e. The third-order valence-corrected chi connectivity index (χ3v) is 5.38. The summed E-state index contributed by atoms with van der Waals surface area (Å²) in [4.78, 5) is 0.845. The summed E-state index contributed by atoms with van der Waals surface area (Å²) >= 11 is 4.48. The van der Waals surface area contributed by atoms with Crippen LogP contribution in [0.4, 0.5) is 0 Å². The Morgan fingerprint density at radius 3 is 2.68 bits per heavy atom. The molecule has 0 amide bonds. The molecule has 1 atom stereocenters. The number of thioether (sulfide) groups is 1. The van der Waals surface area contributed by atoms with E-state index in [9.17, 15) is 5.11 Å². The van der Waals surface area contributed by atoms with Crippen molar-refractivity contribution in [2.24, 2.45) is 0 Å². The Morgan fingerprint density at radius 2 is 2.11 bits per heavy atom. The number of benzene rings is 1. The van der Waals surface area contributed by atoms with Gasteiger partial charge in [0.15, 0.2) is 8.68 Å². The fourth-order valence-electron chi connectivity index (χ4n) is 1.45. The molecule has 7 heteroatoms. The fraction of sp³-hybridized carbons (Fsp3) is 0.250. The van der Waals surface area contributed by atoms with Crippen molar-refractivity contribution in [2.75, 3.05) is 6.26 Å². The quantitative estimate of drug-likeness (QED) is 0.874. The molecule has 0 aliphatic carbocycles. The molecular formula is C12H11N3OS3. The van der Waals surface area contributed by atoms with Gasteiger partial charge in [0, 0.05) is 4.90 Å². The predicted octanol–water partition coefficient (Wildman–Crippen LogP) is 3.34. The van der Waals surface area contributed by atoms with Crippen molar-refractivity contribution in [1.29, 1.82) is 5.26 Å². The molecule has 0 spiro atoms. The zero-order valence-electron chi connectivity index (χ0n) is 10.3. The Hall–Kier alpha value is -1.07. The molecule has 0 unspecified atom stereocenters. The molecule has 4 nitrogen and oxygen atoms in total. The van der Waals surface area contributed by atoms with Gasteiger partial charge in [-0.3, -0.25) is 0 Å². The van der Waals surface area contributed by atoms with E-state index in [-0.39, 0.29) is 0 Å². The van der Waals surface area contributed by atoms with Crippen LogP contribution in [-0.4, -0.2) is 21.6 Å². The first kappa shape index (κ1) is 14.3. The first-order valence-corrected chi connectivity index (χ1v) is 8.27. The maximum Gasteiger partial charge on any atom is 0.179 e. The summed E-state index contributed by atoms with van der Waals surface area (Å²) in [6, 6.07) is 7.36. The van der Waals surface area contributed by atoms with E-state index in [1.165, 1.54) is 23.1 Å². The van der Waals surface area contributed by atoms with E-state index in [2.05, 4.69) is 16.3 Å². The van der Waals surface area contributed by atoms with E-state index in [0.717, 1.165) is 19.1 Å². The van der Waals surface area contributed by atoms with Gasteiger partial charge in [-0.1, -0.05) is 40.9 Å². The summed E-state index contributed by atoms with van der Waals surface area (Å²) in [5, 5.41) is 26.8. The Morgan fingerprint density at radius 1 is 1.37 bits per heavy atom. The maximum absolute atomic E-state index is 9.76. The highest BCUT2D eigenvalue weighted by Crippen LogP contribution is 2.36. The van der Waals surface area contributed by atoms with Gasteiger partial charge in [0.05, 0.1) is 17.7 Å². The van der Waals surface area contributed by atoms with Crippen LogP contribution in [0.1, 0.15) is 24.2 Å². The number of hydrogen-bond donors (Lipinski definition) is 1. The lowest BCUT2D eigenvalue weighted by atomic mass is 10.1. The molecule has 1 aromatic heterocycles. The summed E-state index contributed by atoms with van der Waals surface area (Å²) in [7, 11) is 0. The van der Waals surface area contributed by atoms with Crippen molar-refractivity contribution >= 4 is 34.9 Å². The van der Waals surface area contributed by atoms with Crippen molar-refractivity contribution in [3.05, 3.63) is 29.3 Å². The molecule has 19 heavy (non-hydrogen) atoms. The molecule has 2 rings (SSSR count). The van der Waals surface area contributed by atoms with Gasteiger partial charge in [0.1, 0.15) is 0 Å². The predicted molar refractivity (Wildman–Crippen MR) is 77.6 cm³/mol. The second kappa shape index (κ2) is 6.39. The molecule has 0 aliphatic rings. The van der Waals surface area contributed by atoms with Crippen LogP contribution < -0.4 is 0 Å². The lowest BCUT2D eigenvalue weighted by Gasteiger charge is -2.10. The first-order valence-electron chi connectivity index (χ1n) is 5.41. The molecule has 0 fully saturated rings. The monoisotopic (exact) mass is 309 g/mol. The SMILES string of the molecule is CSc1nnc(Sc2cc(C#N)ccc2[C@@H](C)O)s1. The molecule has 1 heterocycles. The number of aliphatic hydroxyl groups is 1. The lowest BCUT2D eigenvalue weighted by molar-refractivity contribution is 0.196. The number of rotatable bonds is 4. The molecule has 0 saturated heterocycles. The summed E-state index contributed by atoms with van der Waals surface area (Å²) in [6.07, 6.45) is 1.37. The van der Waals surface area contributed by atoms with Crippen LogP contribution in [0.15, 0.2) is 31.8 Å². The van der Waals surface area contributed by atoms with Gasteiger partial charge >= 0.3 is 0 Å². The van der Waals surface area contributed by atoms with E-state index in [1.807, 2.05) is 6.26 Å². The van der Waals surface area contributed by atoms with Gasteiger partial charge in [-0.25, -0.2) is 0 Å². The molecular weight excluding hydrogens is 298 g/mol. The third kappa shape index (κ3) is 3.48. The second-order valence-corrected chi connectivity index (χ2v) is 7.00. The van der Waals surface area contributed by atoms with E-state index < -0.39 is 6.10 Å². The summed E-state index contributed by atoms with van der Waals surface area (Å²) in [6.45, 7) is 1.71. The highest BCUT2D eigenvalue weighted by molar-refractivity contribution is 8.03. The van der Waals surface area contributed by atoms with E-state index >= 15 is 0 Å². The Kier molecular flexibility index (Phi) is 4.82. The highest BCUT2D eigenvalue weighted by Gasteiger charge is 2.13. The molecule has 98 valence electrons. The van der Waals surface area contributed by atoms with Crippen molar-refractivity contribution in [1.82, 2.24) is 10.2 Å². The van der Waals surface area contributed by atoms with E-state index in [4.69, 9.17) is 5.26 Å². The fourth-order valence-corrected chi connectivity index (χ4v) is 4.10. The number of nitriles is 1. The van der Waals surface area contributed by atoms with Crippen LogP contribution in [-0.2, 0) is 0 Å². The first-order chi connectivity index (χ1) is 9.13. The minimum atomic E-state index is -0.580. The number of aliphatic hydroxyl groups excluding tert-OH is 1. The van der Waals surface area contributed by atoms with Gasteiger partial charge in [-0.05, 0) is 30.9 Å². The molecule has 0 aliphatic heterocycles. The van der Waals surface area contributed by atoms with Gasteiger partial charge in [0.25, 0.3) is 0 Å². The van der Waals surface area contributed by atoms with E-state index in [1.54, 1.807) is 36.9 Å². The standard InChI is InChI=1S/C12H11N3OS3/c1-7(16)9-4-3-8(6-13)5-10(9)18-12-15-14-11(17-2)19-12/h3-5,7,16H,1-2H3/t7-/m1/s1. The molecule has 0 radical (unpaired) electrons. The Labute approximate surface area is 123 Å². The van der Waals surface area contributed by atoms with Gasteiger partial charge in [-0.2, -0.15) is 5.26 Å². The minimum Gasteiger partial charge on any atom is -0.389 e. The topological polar surface area (TPSA) is 69.8 Å². The van der Waals surface area contributed by atoms with Gasteiger partial charge in [-0.15, -0.1) is 10.2 Å². The van der Waals surface area contributed by atoms with Gasteiger partial charge < -0.3 is 5.11 Å². The highest BCUT2D eigenvalue weighted by atomic mass is 32.2. The molecule has 2 aromatic rings. The van der Waals surface area contributed by atoms with Crippen LogP contribution in [0.3, 0.4) is 0 Å². The van der Waals surface area contributed by atoms with Crippen molar-refractivity contribution < 1.29 is 5.11 Å². The average Bonchev–Trinajstić information content (AvgIpc) is 2.86. The number of nitrogens with zero attached hydrogens (tertiary/aromatic N) is 3. The van der Waals surface area contributed by atoms with Crippen molar-refractivity contribution in [2.45, 2.75) is 26.6 Å². The second-order valence-electron chi connectivity index (χ2n) is 3.68. The molecule has 1 N–H and O–H groups in total. The summed E-state index contributed by atoms with van der Waals surface area (Å²) in [5.41, 5.74) is 1.37. The Balaban J connectivity index is 2.34. The van der Waals surface area contributed by atoms with Crippen LogP contribution >= 0.6 is 34.9 Å². The van der Waals surface area contributed by atoms with Crippen LogP contribution in [0.5, 0.6) is 0 Å². The number of aromatic nitrogens is 2. The summed E-state index contributed by atoms with van der Waals surface area (Å²) in [5.74, 6) is 0. The van der Waals surface area contributed by atoms with E-state index in [0.29, 0.717) is 5.56 Å². The Bertz CT molecular complexity index is 619. The molecule has 1 aromatic carbocycles. The zero-order valence-corrected chi connectivity index (χ0v) is 12.8.